The van der Waals surface area contributed by atoms with Gasteiger partial charge in [0.1, 0.15) is 5.75 Å². The molecule has 0 atom stereocenters. The Kier molecular flexibility index (Phi) is 7.67. The summed E-state index contributed by atoms with van der Waals surface area (Å²) >= 11 is 0. The number of hydrogen-bond acceptors (Lipinski definition) is 5. The number of hydrazone groups is 1. The third-order valence-electron chi connectivity index (χ3n) is 3.87. The highest BCUT2D eigenvalue weighted by atomic mass is 16.5. The van der Waals surface area contributed by atoms with Crippen LogP contribution in [0.1, 0.15) is 36.2 Å². The molecule has 0 radical (unpaired) electrons. The highest BCUT2D eigenvalue weighted by molar-refractivity contribution is 5.95. The Bertz CT molecular complexity index is 770. The fourth-order valence-corrected chi connectivity index (χ4v) is 2.27. The topological polar surface area (TPSA) is 69.2 Å². The molecule has 1 N–H and O–H groups in total. The predicted octanol–water partition coefficient (Wildman–Crippen LogP) is 3.89. The van der Waals surface area contributed by atoms with Crippen LogP contribution in [0.5, 0.6) is 17.2 Å². The number of methoxy groups -OCH3 is 2. The molecule has 0 spiro atoms. The van der Waals surface area contributed by atoms with Gasteiger partial charge in [-0.15, -0.1) is 0 Å². The van der Waals surface area contributed by atoms with Crippen LogP contribution in [-0.2, 0) is 0 Å². The van der Waals surface area contributed by atoms with Crippen molar-refractivity contribution in [3.63, 3.8) is 0 Å². The molecule has 27 heavy (non-hydrogen) atoms. The Balaban J connectivity index is 1.90. The lowest BCUT2D eigenvalue weighted by atomic mass is 10.1. The number of carbonyl (C=O) groups is 1. The molecule has 0 saturated carbocycles. The van der Waals surface area contributed by atoms with Gasteiger partial charge in [0.2, 0.25) is 0 Å². The Morgan fingerprint density at radius 1 is 1.07 bits per heavy atom. The molecule has 0 bridgehead atoms. The molecule has 144 valence electrons. The number of amides is 1. The lowest BCUT2D eigenvalue weighted by Gasteiger charge is -2.08. The van der Waals surface area contributed by atoms with Crippen molar-refractivity contribution in [1.82, 2.24) is 5.43 Å². The summed E-state index contributed by atoms with van der Waals surface area (Å²) in [5.41, 5.74) is 3.79. The molecule has 0 saturated heterocycles. The second-order valence-corrected chi connectivity index (χ2v) is 6.37. The van der Waals surface area contributed by atoms with E-state index in [-0.39, 0.29) is 5.91 Å². The summed E-state index contributed by atoms with van der Waals surface area (Å²) in [7, 11) is 3.07. The number of benzene rings is 2. The number of nitrogens with one attached hydrogen (secondary N) is 1. The second-order valence-electron chi connectivity index (χ2n) is 6.37. The van der Waals surface area contributed by atoms with Crippen molar-refractivity contribution >= 4 is 12.1 Å². The van der Waals surface area contributed by atoms with Crippen LogP contribution in [-0.4, -0.2) is 32.9 Å². The van der Waals surface area contributed by atoms with E-state index in [1.54, 1.807) is 31.5 Å². The second kappa shape index (κ2) is 10.2. The molecule has 6 heteroatoms. The maximum atomic E-state index is 12.2. The van der Waals surface area contributed by atoms with Crippen LogP contribution in [0, 0.1) is 5.92 Å². The van der Waals surface area contributed by atoms with E-state index in [0.717, 1.165) is 17.7 Å². The Morgan fingerprint density at radius 2 is 1.78 bits per heavy atom. The van der Waals surface area contributed by atoms with Gasteiger partial charge in [-0.05, 0) is 60.4 Å². The minimum Gasteiger partial charge on any atom is -0.494 e. The number of rotatable bonds is 9. The monoisotopic (exact) mass is 370 g/mol. The zero-order chi connectivity index (χ0) is 19.6. The number of nitrogens with zero attached hydrogens (tertiary/aromatic N) is 1. The van der Waals surface area contributed by atoms with E-state index in [0.29, 0.717) is 29.6 Å². The van der Waals surface area contributed by atoms with Gasteiger partial charge < -0.3 is 14.2 Å². The largest absolute Gasteiger partial charge is 0.494 e. The van der Waals surface area contributed by atoms with Gasteiger partial charge in [-0.2, -0.15) is 5.10 Å². The summed E-state index contributed by atoms with van der Waals surface area (Å²) in [6.07, 6.45) is 2.60. The van der Waals surface area contributed by atoms with E-state index < -0.39 is 0 Å². The standard InChI is InChI=1S/C21H26N2O4/c1-15(2)11-12-27-18-8-5-16(6-9-18)14-22-23-21(24)17-7-10-19(25-3)20(13-17)26-4/h5-10,13-15H,11-12H2,1-4H3,(H,23,24)/b22-14-. The summed E-state index contributed by atoms with van der Waals surface area (Å²) in [5, 5.41) is 3.99. The smallest absolute Gasteiger partial charge is 0.271 e. The maximum absolute atomic E-state index is 12.2. The van der Waals surface area contributed by atoms with Crippen molar-refractivity contribution in [3.8, 4) is 17.2 Å². The lowest BCUT2D eigenvalue weighted by Crippen LogP contribution is -2.17. The first kappa shape index (κ1) is 20.3. The first-order chi connectivity index (χ1) is 13.0. The van der Waals surface area contributed by atoms with E-state index in [4.69, 9.17) is 14.2 Å². The average Bonchev–Trinajstić information content (AvgIpc) is 2.68. The van der Waals surface area contributed by atoms with E-state index in [1.165, 1.54) is 7.11 Å². The Labute approximate surface area is 160 Å². The fraction of sp³-hybridized carbons (Fsp3) is 0.333. The van der Waals surface area contributed by atoms with Gasteiger partial charge in [-0.1, -0.05) is 13.8 Å². The van der Waals surface area contributed by atoms with E-state index in [9.17, 15) is 4.79 Å². The number of hydrogen-bond donors (Lipinski definition) is 1. The van der Waals surface area contributed by atoms with Gasteiger partial charge >= 0.3 is 0 Å². The first-order valence-corrected chi connectivity index (χ1v) is 8.81. The minimum atomic E-state index is -0.333. The normalized spacial score (nSPS) is 10.9. The zero-order valence-corrected chi connectivity index (χ0v) is 16.2. The lowest BCUT2D eigenvalue weighted by molar-refractivity contribution is 0.0954. The average molecular weight is 370 g/mol. The summed E-state index contributed by atoms with van der Waals surface area (Å²) < 4.78 is 16.0. The molecular formula is C21H26N2O4. The van der Waals surface area contributed by atoms with Gasteiger partial charge in [-0.3, -0.25) is 4.79 Å². The van der Waals surface area contributed by atoms with Crippen molar-refractivity contribution in [2.45, 2.75) is 20.3 Å². The summed E-state index contributed by atoms with van der Waals surface area (Å²) in [6.45, 7) is 5.03. The molecule has 0 unspecified atom stereocenters. The van der Waals surface area contributed by atoms with Crippen LogP contribution in [0.2, 0.25) is 0 Å². The van der Waals surface area contributed by atoms with Crippen LogP contribution in [0.15, 0.2) is 47.6 Å². The quantitative estimate of drug-likeness (QED) is 0.537. The van der Waals surface area contributed by atoms with E-state index in [1.807, 2.05) is 24.3 Å². The fourth-order valence-electron chi connectivity index (χ4n) is 2.27. The highest BCUT2D eigenvalue weighted by Crippen LogP contribution is 2.27. The molecule has 2 aromatic carbocycles. The van der Waals surface area contributed by atoms with Gasteiger partial charge in [0, 0.05) is 5.56 Å². The third-order valence-corrected chi connectivity index (χ3v) is 3.87. The van der Waals surface area contributed by atoms with Crippen LogP contribution in [0.4, 0.5) is 0 Å². The molecule has 0 aliphatic rings. The summed E-state index contributed by atoms with van der Waals surface area (Å²) in [4.78, 5) is 12.2. The molecule has 0 heterocycles. The van der Waals surface area contributed by atoms with Crippen molar-refractivity contribution in [3.05, 3.63) is 53.6 Å². The molecule has 0 fully saturated rings. The summed E-state index contributed by atoms with van der Waals surface area (Å²) in [6, 6.07) is 12.5. The van der Waals surface area contributed by atoms with Crippen molar-refractivity contribution < 1.29 is 19.0 Å². The molecule has 6 nitrogen and oxygen atoms in total. The highest BCUT2D eigenvalue weighted by Gasteiger charge is 2.09. The Hall–Kier alpha value is -3.02. The zero-order valence-electron chi connectivity index (χ0n) is 16.2. The van der Waals surface area contributed by atoms with Gasteiger partial charge in [0.25, 0.3) is 5.91 Å². The molecule has 2 aromatic rings. The molecule has 0 aromatic heterocycles. The van der Waals surface area contributed by atoms with Gasteiger partial charge in [0.05, 0.1) is 27.0 Å². The van der Waals surface area contributed by atoms with Crippen LogP contribution in [0.3, 0.4) is 0 Å². The number of carbonyl (C=O) groups excluding carboxylic acids is 1. The third kappa shape index (κ3) is 6.33. The molecule has 0 aliphatic carbocycles. The van der Waals surface area contributed by atoms with Gasteiger partial charge in [0.15, 0.2) is 11.5 Å². The minimum absolute atomic E-state index is 0.333. The molecule has 1 amide bonds. The molecule has 2 rings (SSSR count). The predicted molar refractivity (Wildman–Crippen MR) is 106 cm³/mol. The van der Waals surface area contributed by atoms with Crippen molar-refractivity contribution in [2.24, 2.45) is 11.0 Å². The van der Waals surface area contributed by atoms with Crippen molar-refractivity contribution in [2.75, 3.05) is 20.8 Å². The first-order valence-electron chi connectivity index (χ1n) is 8.81. The van der Waals surface area contributed by atoms with E-state index in [2.05, 4.69) is 24.4 Å². The van der Waals surface area contributed by atoms with Crippen LogP contribution >= 0.6 is 0 Å². The molecular weight excluding hydrogens is 344 g/mol. The SMILES string of the molecule is COc1ccc(C(=O)N/N=C\c2ccc(OCCC(C)C)cc2)cc1OC. The number of ether oxygens (including phenoxy) is 3. The van der Waals surface area contributed by atoms with Crippen LogP contribution in [0.25, 0.3) is 0 Å². The summed E-state index contributed by atoms with van der Waals surface area (Å²) in [5.74, 6) is 2.16. The van der Waals surface area contributed by atoms with Crippen molar-refractivity contribution in [1.29, 1.82) is 0 Å². The van der Waals surface area contributed by atoms with E-state index >= 15 is 0 Å². The van der Waals surface area contributed by atoms with Gasteiger partial charge in [-0.25, -0.2) is 5.43 Å². The Morgan fingerprint density at radius 3 is 2.41 bits per heavy atom. The maximum Gasteiger partial charge on any atom is 0.271 e. The van der Waals surface area contributed by atoms with Crippen LogP contribution < -0.4 is 19.6 Å². The molecule has 0 aliphatic heterocycles.